The van der Waals surface area contributed by atoms with Gasteiger partial charge in [0, 0.05) is 19.2 Å². The Hall–Kier alpha value is -2.94. The van der Waals surface area contributed by atoms with Crippen molar-refractivity contribution < 1.29 is 4.79 Å². The first-order valence-corrected chi connectivity index (χ1v) is 9.22. The van der Waals surface area contributed by atoms with Crippen LogP contribution in [0, 0.1) is 6.92 Å². The molecular formula is C25H34N2O. The second-order valence-electron chi connectivity index (χ2n) is 6.91. The lowest BCUT2D eigenvalue weighted by molar-refractivity contribution is -0.117. The van der Waals surface area contributed by atoms with E-state index >= 15 is 0 Å². The largest absolute Gasteiger partial charge is 0.348 e. The topological polar surface area (TPSA) is 41.5 Å². The number of amides is 1. The Kier molecular flexibility index (Phi) is 11.9. The van der Waals surface area contributed by atoms with Gasteiger partial charge in [-0.2, -0.15) is 0 Å². The van der Waals surface area contributed by atoms with E-state index < -0.39 is 0 Å². The molecule has 3 heteroatoms. The quantitative estimate of drug-likeness (QED) is 0.273. The van der Waals surface area contributed by atoms with Crippen LogP contribution in [0.3, 0.4) is 0 Å². The molecule has 0 aliphatic carbocycles. The fraction of sp³-hybridized carbons (Fsp3) is 0.280. The highest BCUT2D eigenvalue weighted by Gasteiger charge is 2.12. The third-order valence-corrected chi connectivity index (χ3v) is 3.57. The van der Waals surface area contributed by atoms with Gasteiger partial charge in [0.2, 0.25) is 0 Å². The van der Waals surface area contributed by atoms with Crippen LogP contribution in [-0.4, -0.2) is 18.7 Å². The van der Waals surface area contributed by atoms with E-state index in [9.17, 15) is 4.79 Å². The summed E-state index contributed by atoms with van der Waals surface area (Å²) in [6.07, 6.45) is 5.33. The highest BCUT2D eigenvalue weighted by atomic mass is 16.1. The first-order chi connectivity index (χ1) is 13.1. The fourth-order valence-electron chi connectivity index (χ4n) is 2.12. The number of carbonyl (C=O) groups is 1. The second-order valence-corrected chi connectivity index (χ2v) is 6.91. The van der Waals surface area contributed by atoms with Crippen molar-refractivity contribution in [3.05, 3.63) is 95.6 Å². The van der Waals surface area contributed by atoms with Crippen molar-refractivity contribution in [3.63, 3.8) is 0 Å². The average Bonchev–Trinajstić information content (AvgIpc) is 2.61. The van der Waals surface area contributed by atoms with Crippen molar-refractivity contribution >= 4 is 11.6 Å². The molecule has 150 valence electrons. The molecule has 1 rings (SSSR count). The standard InChI is InChI=1S/C21H26N2O.C4H8/c1-7-8-17(5)20(22-6)13-19(15(2)3)21(24)23-14-18-11-9-16(4)10-12-18;1-4(2)3/h7-13H,1-2,14H2,3-6H3,(H,23,24);1H2,2-3H3/b17-8+,19-13+,22-20?;. The first-order valence-electron chi connectivity index (χ1n) is 9.22. The summed E-state index contributed by atoms with van der Waals surface area (Å²) in [7, 11) is 1.70. The van der Waals surface area contributed by atoms with E-state index in [1.807, 2.05) is 65.0 Å². The van der Waals surface area contributed by atoms with E-state index in [0.717, 1.165) is 16.8 Å². The van der Waals surface area contributed by atoms with Crippen molar-refractivity contribution in [2.24, 2.45) is 4.99 Å². The second kappa shape index (κ2) is 13.3. The molecule has 0 saturated heterocycles. The van der Waals surface area contributed by atoms with Crippen LogP contribution in [0.15, 0.2) is 89.5 Å². The van der Waals surface area contributed by atoms with Crippen LogP contribution in [0.4, 0.5) is 0 Å². The summed E-state index contributed by atoms with van der Waals surface area (Å²) in [5.41, 5.74) is 6.32. The summed E-state index contributed by atoms with van der Waals surface area (Å²) in [5.74, 6) is -0.157. The number of allylic oxidation sites excluding steroid dienone is 5. The molecule has 0 atom stereocenters. The molecule has 0 aliphatic heterocycles. The van der Waals surface area contributed by atoms with Crippen LogP contribution in [-0.2, 0) is 11.3 Å². The van der Waals surface area contributed by atoms with Crippen LogP contribution in [0.1, 0.15) is 38.8 Å². The predicted octanol–water partition coefficient (Wildman–Crippen LogP) is 5.90. The summed E-state index contributed by atoms with van der Waals surface area (Å²) < 4.78 is 0. The summed E-state index contributed by atoms with van der Waals surface area (Å²) >= 11 is 0. The minimum absolute atomic E-state index is 0.157. The normalized spacial score (nSPS) is 11.9. The SMILES string of the molecule is C=C(C)C.C=C/C=C(\C)C(/C=C(\C(=C)C)C(=O)NCc1ccc(C)cc1)=NC. The lowest BCUT2D eigenvalue weighted by Crippen LogP contribution is -2.25. The van der Waals surface area contributed by atoms with Gasteiger partial charge in [-0.25, -0.2) is 0 Å². The zero-order chi connectivity index (χ0) is 21.7. The van der Waals surface area contributed by atoms with E-state index in [-0.39, 0.29) is 5.91 Å². The van der Waals surface area contributed by atoms with Gasteiger partial charge in [-0.15, -0.1) is 6.58 Å². The summed E-state index contributed by atoms with van der Waals surface area (Å²) in [4.78, 5) is 16.8. The maximum atomic E-state index is 12.5. The molecule has 0 fully saturated rings. The van der Waals surface area contributed by atoms with Crippen LogP contribution in [0.2, 0.25) is 0 Å². The minimum atomic E-state index is -0.157. The number of aliphatic imine (C=N–C) groups is 1. The Morgan fingerprint density at radius 3 is 2.07 bits per heavy atom. The van der Waals surface area contributed by atoms with Gasteiger partial charge in [0.15, 0.2) is 0 Å². The molecule has 0 spiro atoms. The average molecular weight is 379 g/mol. The smallest absolute Gasteiger partial charge is 0.251 e. The monoisotopic (exact) mass is 378 g/mol. The van der Waals surface area contributed by atoms with Gasteiger partial charge < -0.3 is 5.32 Å². The van der Waals surface area contributed by atoms with Crippen LogP contribution in [0.25, 0.3) is 0 Å². The first kappa shape index (κ1) is 25.1. The van der Waals surface area contributed by atoms with Gasteiger partial charge in [0.25, 0.3) is 5.91 Å². The molecule has 1 aromatic carbocycles. The van der Waals surface area contributed by atoms with Crippen molar-refractivity contribution in [3.8, 4) is 0 Å². The maximum absolute atomic E-state index is 12.5. The van der Waals surface area contributed by atoms with Gasteiger partial charge in [-0.1, -0.05) is 60.7 Å². The molecule has 0 unspecified atom stereocenters. The number of hydrogen-bond acceptors (Lipinski definition) is 2. The molecule has 0 saturated carbocycles. The fourth-order valence-corrected chi connectivity index (χ4v) is 2.12. The summed E-state index contributed by atoms with van der Waals surface area (Å²) in [6.45, 7) is 21.4. The van der Waals surface area contributed by atoms with E-state index in [2.05, 4.69) is 30.0 Å². The third-order valence-electron chi connectivity index (χ3n) is 3.57. The maximum Gasteiger partial charge on any atom is 0.251 e. The number of nitrogens with zero attached hydrogens (tertiary/aromatic N) is 1. The van der Waals surface area contributed by atoms with Crippen LogP contribution < -0.4 is 5.32 Å². The van der Waals surface area contributed by atoms with Crippen LogP contribution >= 0.6 is 0 Å². The minimum Gasteiger partial charge on any atom is -0.348 e. The molecule has 28 heavy (non-hydrogen) atoms. The molecule has 0 bridgehead atoms. The number of rotatable bonds is 7. The molecule has 3 nitrogen and oxygen atoms in total. The number of nitrogens with one attached hydrogen (secondary N) is 1. The van der Waals surface area contributed by atoms with Gasteiger partial charge >= 0.3 is 0 Å². The van der Waals surface area contributed by atoms with Gasteiger partial charge in [0.1, 0.15) is 0 Å². The van der Waals surface area contributed by atoms with E-state index in [1.165, 1.54) is 11.1 Å². The van der Waals surface area contributed by atoms with E-state index in [4.69, 9.17) is 0 Å². The van der Waals surface area contributed by atoms with Gasteiger partial charge in [-0.05, 0) is 57.4 Å². The lowest BCUT2D eigenvalue weighted by atomic mass is 10.0. The number of aryl methyl sites for hydroxylation is 1. The summed E-state index contributed by atoms with van der Waals surface area (Å²) in [6, 6.07) is 8.08. The molecule has 1 amide bonds. The molecular weight excluding hydrogens is 344 g/mol. The highest BCUT2D eigenvalue weighted by Crippen LogP contribution is 2.11. The Morgan fingerprint density at radius 2 is 1.64 bits per heavy atom. The van der Waals surface area contributed by atoms with Crippen LogP contribution in [0.5, 0.6) is 0 Å². The molecule has 0 aromatic heterocycles. The van der Waals surface area contributed by atoms with Gasteiger partial charge in [0.05, 0.1) is 5.71 Å². The molecule has 0 heterocycles. The lowest BCUT2D eigenvalue weighted by Gasteiger charge is -2.10. The van der Waals surface area contributed by atoms with Crippen molar-refractivity contribution in [1.29, 1.82) is 0 Å². The van der Waals surface area contributed by atoms with Gasteiger partial charge in [-0.3, -0.25) is 9.79 Å². The van der Waals surface area contributed by atoms with Crippen molar-refractivity contribution in [2.75, 3.05) is 7.05 Å². The highest BCUT2D eigenvalue weighted by molar-refractivity contribution is 6.13. The van der Waals surface area contributed by atoms with Crippen molar-refractivity contribution in [1.82, 2.24) is 5.32 Å². The Bertz CT molecular complexity index is 786. The molecule has 0 aliphatic rings. The number of hydrogen-bond donors (Lipinski definition) is 1. The zero-order valence-corrected chi connectivity index (χ0v) is 18.2. The molecule has 1 aromatic rings. The zero-order valence-electron chi connectivity index (χ0n) is 18.2. The third kappa shape index (κ3) is 10.3. The Labute approximate surface area is 171 Å². The molecule has 0 radical (unpaired) electrons. The Balaban J connectivity index is 0.00000165. The number of carbonyl (C=O) groups excluding carboxylic acids is 1. The van der Waals surface area contributed by atoms with E-state index in [1.54, 1.807) is 19.2 Å². The summed E-state index contributed by atoms with van der Waals surface area (Å²) in [5, 5.41) is 2.94. The van der Waals surface area contributed by atoms with Crippen molar-refractivity contribution in [2.45, 2.75) is 41.2 Å². The predicted molar refractivity (Wildman–Crippen MR) is 124 cm³/mol. The number of benzene rings is 1. The molecule has 1 N–H and O–H groups in total. The Morgan fingerprint density at radius 1 is 1.11 bits per heavy atom. The van der Waals surface area contributed by atoms with E-state index in [0.29, 0.717) is 17.7 Å².